The summed E-state index contributed by atoms with van der Waals surface area (Å²) in [4.78, 5) is 0. The molecular weight excluding hydrogens is 168 g/mol. The van der Waals surface area contributed by atoms with E-state index in [4.69, 9.17) is 15.0 Å². The number of aromatic nitrogens is 1. The third-order valence-corrected chi connectivity index (χ3v) is 2.58. The van der Waals surface area contributed by atoms with E-state index in [1.807, 2.05) is 0 Å². The summed E-state index contributed by atoms with van der Waals surface area (Å²) in [5, 5.41) is 3.93. The van der Waals surface area contributed by atoms with Crippen molar-refractivity contribution in [1.29, 1.82) is 0 Å². The van der Waals surface area contributed by atoms with E-state index in [2.05, 4.69) is 12.1 Å². The summed E-state index contributed by atoms with van der Waals surface area (Å²) in [5.74, 6) is 0.377. The molecule has 0 spiro atoms. The molecule has 1 saturated heterocycles. The van der Waals surface area contributed by atoms with Gasteiger partial charge >= 0.3 is 0 Å². The third-order valence-electron chi connectivity index (χ3n) is 2.58. The van der Waals surface area contributed by atoms with Crippen LogP contribution in [0.1, 0.15) is 25.5 Å². The highest BCUT2D eigenvalue weighted by atomic mass is 16.5. The standard InChI is InChI=1S/C9H14N2O2/c1-9(3-2-4-12-6-9)7-5-8(10)13-11-7/h5H,2-4,6,10H2,1H3. The van der Waals surface area contributed by atoms with Gasteiger partial charge in [-0.2, -0.15) is 0 Å². The van der Waals surface area contributed by atoms with Gasteiger partial charge in [0, 0.05) is 18.1 Å². The highest BCUT2D eigenvalue weighted by molar-refractivity contribution is 5.29. The lowest BCUT2D eigenvalue weighted by Gasteiger charge is -2.30. The Morgan fingerprint density at radius 2 is 2.46 bits per heavy atom. The maximum Gasteiger partial charge on any atom is 0.222 e. The molecule has 2 rings (SSSR count). The Kier molecular flexibility index (Phi) is 2.00. The molecule has 72 valence electrons. The maximum absolute atomic E-state index is 5.47. The molecule has 1 unspecified atom stereocenters. The van der Waals surface area contributed by atoms with Crippen LogP contribution < -0.4 is 5.73 Å². The first-order valence-corrected chi connectivity index (χ1v) is 4.51. The molecule has 0 bridgehead atoms. The summed E-state index contributed by atoms with van der Waals surface area (Å²) in [7, 11) is 0. The Balaban J connectivity index is 2.22. The molecule has 0 saturated carbocycles. The SMILES string of the molecule is CC1(c2cc(N)on2)CCCOC1. The number of hydrogen-bond acceptors (Lipinski definition) is 4. The van der Waals surface area contributed by atoms with Gasteiger partial charge in [0.15, 0.2) is 0 Å². The second kappa shape index (κ2) is 3.03. The molecule has 0 aliphatic carbocycles. The van der Waals surface area contributed by atoms with Gasteiger partial charge in [-0.15, -0.1) is 0 Å². The van der Waals surface area contributed by atoms with E-state index < -0.39 is 0 Å². The van der Waals surface area contributed by atoms with Crippen molar-refractivity contribution in [1.82, 2.24) is 5.16 Å². The molecule has 4 nitrogen and oxygen atoms in total. The van der Waals surface area contributed by atoms with Crippen LogP contribution in [0, 0.1) is 0 Å². The normalized spacial score (nSPS) is 29.0. The van der Waals surface area contributed by atoms with Gasteiger partial charge in [-0.1, -0.05) is 12.1 Å². The average molecular weight is 182 g/mol. The monoisotopic (exact) mass is 182 g/mol. The lowest BCUT2D eigenvalue weighted by molar-refractivity contribution is 0.0390. The quantitative estimate of drug-likeness (QED) is 0.711. The van der Waals surface area contributed by atoms with Gasteiger partial charge in [-0.3, -0.25) is 0 Å². The number of anilines is 1. The average Bonchev–Trinajstić information content (AvgIpc) is 2.54. The number of nitrogens with zero attached hydrogens (tertiary/aromatic N) is 1. The van der Waals surface area contributed by atoms with Gasteiger partial charge in [-0.05, 0) is 12.8 Å². The maximum atomic E-state index is 5.47. The van der Waals surface area contributed by atoms with Crippen molar-refractivity contribution in [2.75, 3.05) is 18.9 Å². The lowest BCUT2D eigenvalue weighted by Crippen LogP contribution is -2.33. The number of ether oxygens (including phenoxy) is 1. The number of rotatable bonds is 1. The molecule has 1 atom stereocenters. The van der Waals surface area contributed by atoms with Crippen LogP contribution in [-0.4, -0.2) is 18.4 Å². The summed E-state index contributed by atoms with van der Waals surface area (Å²) in [6, 6.07) is 1.79. The fraction of sp³-hybridized carbons (Fsp3) is 0.667. The van der Waals surface area contributed by atoms with Crippen molar-refractivity contribution in [3.05, 3.63) is 11.8 Å². The van der Waals surface area contributed by atoms with Crippen LogP contribution in [0.3, 0.4) is 0 Å². The Hall–Kier alpha value is -1.03. The van der Waals surface area contributed by atoms with E-state index in [9.17, 15) is 0 Å². The van der Waals surface area contributed by atoms with Crippen LogP contribution >= 0.6 is 0 Å². The van der Waals surface area contributed by atoms with Crippen LogP contribution in [0.5, 0.6) is 0 Å². The Labute approximate surface area is 77.0 Å². The van der Waals surface area contributed by atoms with Crippen LogP contribution in [0.4, 0.5) is 5.88 Å². The summed E-state index contributed by atoms with van der Waals surface area (Å²) in [6.45, 7) is 3.69. The van der Waals surface area contributed by atoms with Crippen molar-refractivity contribution in [3.8, 4) is 0 Å². The van der Waals surface area contributed by atoms with E-state index in [0.29, 0.717) is 12.5 Å². The van der Waals surface area contributed by atoms with Crippen molar-refractivity contribution in [3.63, 3.8) is 0 Å². The number of hydrogen-bond donors (Lipinski definition) is 1. The van der Waals surface area contributed by atoms with Gasteiger partial charge in [0.05, 0.1) is 12.3 Å². The van der Waals surface area contributed by atoms with E-state index in [1.54, 1.807) is 6.07 Å². The van der Waals surface area contributed by atoms with E-state index in [1.165, 1.54) is 0 Å². The zero-order valence-electron chi connectivity index (χ0n) is 7.75. The topological polar surface area (TPSA) is 61.3 Å². The molecule has 2 N–H and O–H groups in total. The van der Waals surface area contributed by atoms with Gasteiger partial charge in [0.2, 0.25) is 5.88 Å². The largest absolute Gasteiger partial charge is 0.380 e. The van der Waals surface area contributed by atoms with Crippen LogP contribution in [0.25, 0.3) is 0 Å². The van der Waals surface area contributed by atoms with Crippen molar-refractivity contribution < 1.29 is 9.26 Å². The summed E-state index contributed by atoms with van der Waals surface area (Å²) in [5.41, 5.74) is 6.37. The summed E-state index contributed by atoms with van der Waals surface area (Å²) < 4.78 is 10.3. The first-order chi connectivity index (χ1) is 6.21. The van der Waals surface area contributed by atoms with Gasteiger partial charge in [0.25, 0.3) is 0 Å². The first kappa shape index (κ1) is 8.56. The molecule has 1 aromatic heterocycles. The van der Waals surface area contributed by atoms with Crippen molar-refractivity contribution >= 4 is 5.88 Å². The summed E-state index contributed by atoms with van der Waals surface area (Å²) >= 11 is 0. The second-order valence-corrected chi connectivity index (χ2v) is 3.83. The minimum absolute atomic E-state index is 0.0145. The van der Waals surface area contributed by atoms with Gasteiger partial charge in [0.1, 0.15) is 0 Å². The molecule has 2 heterocycles. The first-order valence-electron chi connectivity index (χ1n) is 4.51. The molecule has 1 aromatic rings. The minimum atomic E-state index is -0.0145. The van der Waals surface area contributed by atoms with Gasteiger partial charge in [-0.25, -0.2) is 0 Å². The molecule has 1 aliphatic heterocycles. The highest BCUT2D eigenvalue weighted by Gasteiger charge is 2.32. The number of nitrogens with two attached hydrogens (primary N) is 1. The fourth-order valence-corrected chi connectivity index (χ4v) is 1.71. The molecule has 13 heavy (non-hydrogen) atoms. The lowest BCUT2D eigenvalue weighted by atomic mass is 9.82. The molecule has 0 aromatic carbocycles. The third kappa shape index (κ3) is 1.54. The minimum Gasteiger partial charge on any atom is -0.380 e. The zero-order valence-corrected chi connectivity index (χ0v) is 7.75. The second-order valence-electron chi connectivity index (χ2n) is 3.83. The van der Waals surface area contributed by atoms with E-state index >= 15 is 0 Å². The molecular formula is C9H14N2O2. The Morgan fingerprint density at radius 1 is 1.62 bits per heavy atom. The van der Waals surface area contributed by atoms with Crippen molar-refractivity contribution in [2.24, 2.45) is 0 Å². The predicted molar refractivity (Wildman–Crippen MR) is 48.3 cm³/mol. The van der Waals surface area contributed by atoms with Crippen LogP contribution in [-0.2, 0) is 10.2 Å². The smallest absolute Gasteiger partial charge is 0.222 e. The molecule has 0 radical (unpaired) electrons. The van der Waals surface area contributed by atoms with Gasteiger partial charge < -0.3 is 15.0 Å². The molecule has 1 fully saturated rings. The summed E-state index contributed by atoms with van der Waals surface area (Å²) in [6.07, 6.45) is 2.15. The fourth-order valence-electron chi connectivity index (χ4n) is 1.71. The van der Waals surface area contributed by atoms with E-state index in [0.717, 1.165) is 25.1 Å². The van der Waals surface area contributed by atoms with Crippen LogP contribution in [0.15, 0.2) is 10.6 Å². The molecule has 1 aliphatic rings. The van der Waals surface area contributed by atoms with Crippen molar-refractivity contribution in [2.45, 2.75) is 25.2 Å². The predicted octanol–water partition coefficient (Wildman–Crippen LogP) is 1.32. The van der Waals surface area contributed by atoms with Crippen LogP contribution in [0.2, 0.25) is 0 Å². The van der Waals surface area contributed by atoms with E-state index in [-0.39, 0.29) is 5.41 Å². The Morgan fingerprint density at radius 3 is 3.00 bits per heavy atom. The molecule has 0 amide bonds. The Bertz CT molecular complexity index is 290. The number of nitrogen functional groups attached to an aromatic ring is 1. The molecule has 4 heteroatoms. The zero-order chi connectivity index (χ0) is 9.31. The highest BCUT2D eigenvalue weighted by Crippen LogP contribution is 2.32.